The Bertz CT molecular complexity index is 1070. The Morgan fingerprint density at radius 2 is 1.52 bits per heavy atom. The van der Waals surface area contributed by atoms with Crippen LogP contribution < -0.4 is 16.0 Å². The predicted molar refractivity (Wildman–Crippen MR) is 123 cm³/mol. The van der Waals surface area contributed by atoms with Crippen molar-refractivity contribution < 1.29 is 14.3 Å². The zero-order valence-corrected chi connectivity index (χ0v) is 18.0. The fourth-order valence-electron chi connectivity index (χ4n) is 2.79. The van der Waals surface area contributed by atoms with Gasteiger partial charge in [0.05, 0.1) is 0 Å². The number of ether oxygens (including phenoxy) is 1. The summed E-state index contributed by atoms with van der Waals surface area (Å²) in [6.07, 6.45) is 1.20. The minimum Gasteiger partial charge on any atom is -0.444 e. The van der Waals surface area contributed by atoms with Gasteiger partial charge in [0.1, 0.15) is 5.60 Å². The van der Waals surface area contributed by atoms with Gasteiger partial charge in [-0.15, -0.1) is 0 Å². The van der Waals surface area contributed by atoms with Crippen molar-refractivity contribution in [3.05, 3.63) is 78.1 Å². The molecule has 7 heteroatoms. The van der Waals surface area contributed by atoms with Gasteiger partial charge < -0.3 is 15.4 Å². The predicted octanol–water partition coefficient (Wildman–Crippen LogP) is 5.73. The quantitative estimate of drug-likeness (QED) is 0.492. The van der Waals surface area contributed by atoms with Crippen LogP contribution in [0.15, 0.2) is 66.9 Å². The van der Waals surface area contributed by atoms with Crippen molar-refractivity contribution in [1.29, 1.82) is 0 Å². The van der Waals surface area contributed by atoms with Crippen LogP contribution in [0.3, 0.4) is 0 Å². The van der Waals surface area contributed by atoms with Crippen molar-refractivity contribution in [2.45, 2.75) is 33.3 Å². The molecule has 0 aliphatic heterocycles. The number of anilines is 4. The molecule has 2 aromatic carbocycles. The van der Waals surface area contributed by atoms with Crippen molar-refractivity contribution in [2.24, 2.45) is 0 Å². The van der Waals surface area contributed by atoms with Crippen LogP contribution in [0.1, 0.15) is 36.8 Å². The lowest BCUT2D eigenvalue weighted by molar-refractivity contribution is 0.0636. The number of aromatic nitrogens is 1. The second-order valence-corrected chi connectivity index (χ2v) is 8.05. The summed E-state index contributed by atoms with van der Waals surface area (Å²) in [4.78, 5) is 28.6. The van der Waals surface area contributed by atoms with E-state index in [2.05, 4.69) is 20.9 Å². The van der Waals surface area contributed by atoms with Gasteiger partial charge in [-0.3, -0.25) is 15.1 Å². The van der Waals surface area contributed by atoms with E-state index in [4.69, 9.17) is 4.74 Å². The molecule has 0 saturated heterocycles. The molecular weight excluding hydrogens is 392 g/mol. The van der Waals surface area contributed by atoms with Gasteiger partial charge in [-0.25, -0.2) is 4.79 Å². The summed E-state index contributed by atoms with van der Waals surface area (Å²) in [7, 11) is 0. The number of amides is 2. The third kappa shape index (κ3) is 6.85. The molecule has 0 bridgehead atoms. The number of pyridine rings is 1. The van der Waals surface area contributed by atoms with Crippen LogP contribution in [0.25, 0.3) is 0 Å². The van der Waals surface area contributed by atoms with Crippen molar-refractivity contribution in [1.82, 2.24) is 4.98 Å². The molecule has 0 saturated carbocycles. The number of nitrogens with zero attached hydrogens (tertiary/aromatic N) is 1. The summed E-state index contributed by atoms with van der Waals surface area (Å²) in [5.74, 6) is -0.249. The summed E-state index contributed by atoms with van der Waals surface area (Å²) in [6, 6.07) is 17.9. The molecule has 3 N–H and O–H groups in total. The zero-order valence-electron chi connectivity index (χ0n) is 18.0. The fraction of sp³-hybridized carbons (Fsp3) is 0.208. The standard InChI is InChI=1S/C24H26N4O3/c1-16-14-21(12-13-25-16)26-19-6-5-7-20(15-19)27-22(29)17-8-10-18(11-9-17)28-23(30)31-24(2,3)4/h5-15H,1-4H3,(H,25,26)(H,27,29)(H,28,30). The highest BCUT2D eigenvalue weighted by Gasteiger charge is 2.16. The van der Waals surface area contributed by atoms with Gasteiger partial charge >= 0.3 is 6.09 Å². The zero-order chi connectivity index (χ0) is 22.4. The first kappa shape index (κ1) is 21.8. The first-order valence-corrected chi connectivity index (χ1v) is 9.89. The maximum atomic E-state index is 12.6. The van der Waals surface area contributed by atoms with E-state index in [0.29, 0.717) is 16.9 Å². The van der Waals surface area contributed by atoms with Crippen molar-refractivity contribution in [3.63, 3.8) is 0 Å². The molecule has 0 fully saturated rings. The molecule has 0 atom stereocenters. The third-order valence-corrected chi connectivity index (χ3v) is 4.10. The second kappa shape index (κ2) is 9.30. The summed E-state index contributed by atoms with van der Waals surface area (Å²) in [5.41, 5.74) is 3.78. The molecular formula is C24H26N4O3. The lowest BCUT2D eigenvalue weighted by Crippen LogP contribution is -2.27. The van der Waals surface area contributed by atoms with Gasteiger partial charge in [-0.2, -0.15) is 0 Å². The maximum absolute atomic E-state index is 12.6. The molecule has 1 aromatic heterocycles. The van der Waals surface area contributed by atoms with Gasteiger partial charge in [0, 0.05) is 40.2 Å². The van der Waals surface area contributed by atoms with Gasteiger partial charge in [0.25, 0.3) is 5.91 Å². The summed E-state index contributed by atoms with van der Waals surface area (Å²) in [5, 5.41) is 8.82. The van der Waals surface area contributed by atoms with E-state index >= 15 is 0 Å². The molecule has 0 aliphatic carbocycles. The first-order chi connectivity index (χ1) is 14.7. The van der Waals surface area contributed by atoms with Crippen molar-refractivity contribution in [2.75, 3.05) is 16.0 Å². The van der Waals surface area contributed by atoms with Crippen LogP contribution in [-0.4, -0.2) is 22.6 Å². The van der Waals surface area contributed by atoms with Crippen LogP contribution in [0.4, 0.5) is 27.5 Å². The van der Waals surface area contributed by atoms with Crippen LogP contribution >= 0.6 is 0 Å². The normalized spacial score (nSPS) is 10.8. The van der Waals surface area contributed by atoms with Crippen LogP contribution in [0.2, 0.25) is 0 Å². The van der Waals surface area contributed by atoms with E-state index in [1.807, 2.05) is 43.3 Å². The van der Waals surface area contributed by atoms with E-state index in [1.54, 1.807) is 51.2 Å². The van der Waals surface area contributed by atoms with E-state index in [1.165, 1.54) is 0 Å². The Balaban J connectivity index is 1.61. The number of aryl methyl sites for hydroxylation is 1. The molecule has 0 aliphatic rings. The number of benzene rings is 2. The third-order valence-electron chi connectivity index (χ3n) is 4.10. The second-order valence-electron chi connectivity index (χ2n) is 8.05. The average molecular weight is 418 g/mol. The van der Waals surface area contributed by atoms with Crippen molar-refractivity contribution >= 4 is 34.7 Å². The molecule has 3 aromatic rings. The topological polar surface area (TPSA) is 92.3 Å². The summed E-state index contributed by atoms with van der Waals surface area (Å²) >= 11 is 0. The highest BCUT2D eigenvalue weighted by molar-refractivity contribution is 6.04. The van der Waals surface area contributed by atoms with Gasteiger partial charge in [-0.1, -0.05) is 6.07 Å². The van der Waals surface area contributed by atoms with E-state index in [-0.39, 0.29) is 5.91 Å². The first-order valence-electron chi connectivity index (χ1n) is 9.89. The molecule has 0 spiro atoms. The number of hydrogen-bond donors (Lipinski definition) is 3. The van der Waals surface area contributed by atoms with E-state index in [9.17, 15) is 9.59 Å². The van der Waals surface area contributed by atoms with Gasteiger partial charge in [0.15, 0.2) is 0 Å². The molecule has 1 heterocycles. The van der Waals surface area contributed by atoms with Crippen LogP contribution in [0, 0.1) is 6.92 Å². The smallest absolute Gasteiger partial charge is 0.412 e. The Morgan fingerprint density at radius 3 is 2.19 bits per heavy atom. The van der Waals surface area contributed by atoms with Crippen molar-refractivity contribution in [3.8, 4) is 0 Å². The van der Waals surface area contributed by atoms with Gasteiger partial charge in [0.2, 0.25) is 0 Å². The molecule has 2 amide bonds. The number of carbonyl (C=O) groups is 2. The van der Waals surface area contributed by atoms with Crippen LogP contribution in [0.5, 0.6) is 0 Å². The number of nitrogens with one attached hydrogen (secondary N) is 3. The van der Waals surface area contributed by atoms with Crippen LogP contribution in [-0.2, 0) is 4.74 Å². The monoisotopic (exact) mass is 418 g/mol. The Hall–Kier alpha value is -3.87. The molecule has 160 valence electrons. The Labute approximate surface area is 181 Å². The lowest BCUT2D eigenvalue weighted by Gasteiger charge is -2.19. The summed E-state index contributed by atoms with van der Waals surface area (Å²) < 4.78 is 5.22. The molecule has 7 nitrogen and oxygen atoms in total. The average Bonchev–Trinajstić information content (AvgIpc) is 2.67. The summed E-state index contributed by atoms with van der Waals surface area (Å²) in [6.45, 7) is 7.31. The highest BCUT2D eigenvalue weighted by atomic mass is 16.6. The largest absolute Gasteiger partial charge is 0.444 e. The lowest BCUT2D eigenvalue weighted by atomic mass is 10.2. The highest BCUT2D eigenvalue weighted by Crippen LogP contribution is 2.21. The molecule has 0 radical (unpaired) electrons. The van der Waals surface area contributed by atoms with E-state index < -0.39 is 11.7 Å². The SMILES string of the molecule is Cc1cc(Nc2cccc(NC(=O)c3ccc(NC(=O)OC(C)(C)C)cc3)c2)ccn1. The number of carbonyl (C=O) groups excluding carboxylic acids is 2. The van der Waals surface area contributed by atoms with Gasteiger partial charge in [-0.05, 0) is 82.3 Å². The number of rotatable bonds is 5. The minimum atomic E-state index is -0.580. The number of hydrogen-bond acceptors (Lipinski definition) is 5. The van der Waals surface area contributed by atoms with E-state index in [0.717, 1.165) is 17.1 Å². The minimum absolute atomic E-state index is 0.249. The Morgan fingerprint density at radius 1 is 0.839 bits per heavy atom. The Kier molecular flexibility index (Phi) is 6.55. The molecule has 3 rings (SSSR count). The molecule has 31 heavy (non-hydrogen) atoms. The molecule has 0 unspecified atom stereocenters. The maximum Gasteiger partial charge on any atom is 0.412 e. The fourth-order valence-corrected chi connectivity index (χ4v) is 2.79.